The summed E-state index contributed by atoms with van der Waals surface area (Å²) >= 11 is 0. The van der Waals surface area contributed by atoms with Gasteiger partial charge in [0, 0.05) is 12.3 Å². The topological polar surface area (TPSA) is 85.2 Å². The van der Waals surface area contributed by atoms with Crippen molar-refractivity contribution in [2.75, 3.05) is 6.61 Å². The Hall–Kier alpha value is -1.13. The van der Waals surface area contributed by atoms with Crippen molar-refractivity contribution >= 4 is 5.97 Å². The molecular weight excluding hydrogens is 300 g/mol. The molecule has 0 aromatic rings. The molecule has 130 valence electrons. The lowest BCUT2D eigenvalue weighted by Gasteiger charge is -2.36. The Morgan fingerprint density at radius 3 is 2.70 bits per heavy atom. The smallest absolute Gasteiger partial charge is 0.322 e. The van der Waals surface area contributed by atoms with E-state index in [0.717, 1.165) is 6.42 Å². The van der Waals surface area contributed by atoms with Crippen LogP contribution >= 0.6 is 0 Å². The SMILES string of the molecule is CCOC(=O)[C@@H]1C#C[C@@H]1CC[C@@H](C)O[C@@H]1O[C@@H](C)[C@H](O)C[C@H]1O. The molecule has 23 heavy (non-hydrogen) atoms. The minimum absolute atomic E-state index is 0.0121. The van der Waals surface area contributed by atoms with Crippen LogP contribution in [0, 0.1) is 23.7 Å². The zero-order chi connectivity index (χ0) is 17.0. The van der Waals surface area contributed by atoms with Crippen LogP contribution in [0.15, 0.2) is 0 Å². The second-order valence-electron chi connectivity index (χ2n) is 6.23. The molecule has 1 heterocycles. The van der Waals surface area contributed by atoms with Crippen molar-refractivity contribution in [3.05, 3.63) is 0 Å². The molecule has 0 saturated carbocycles. The van der Waals surface area contributed by atoms with E-state index in [1.54, 1.807) is 13.8 Å². The van der Waals surface area contributed by atoms with Crippen LogP contribution in [0.4, 0.5) is 0 Å². The van der Waals surface area contributed by atoms with Gasteiger partial charge in [-0.05, 0) is 33.6 Å². The molecule has 6 heteroatoms. The fraction of sp³-hybridized carbons (Fsp3) is 0.824. The third kappa shape index (κ3) is 4.67. The predicted octanol–water partition coefficient (Wildman–Crippen LogP) is 0.841. The molecular formula is C17H26O6. The number of aliphatic hydroxyl groups excluding tert-OH is 2. The Kier molecular flexibility index (Phi) is 6.42. The lowest BCUT2D eigenvalue weighted by atomic mass is 9.81. The van der Waals surface area contributed by atoms with Gasteiger partial charge in [-0.15, -0.1) is 0 Å². The highest BCUT2D eigenvalue weighted by molar-refractivity contribution is 5.78. The van der Waals surface area contributed by atoms with Gasteiger partial charge in [-0.2, -0.15) is 0 Å². The van der Waals surface area contributed by atoms with E-state index in [2.05, 4.69) is 11.8 Å². The van der Waals surface area contributed by atoms with Gasteiger partial charge in [0.2, 0.25) is 0 Å². The molecule has 1 aliphatic heterocycles. The summed E-state index contributed by atoms with van der Waals surface area (Å²) in [5, 5.41) is 19.6. The lowest BCUT2D eigenvalue weighted by molar-refractivity contribution is -0.273. The van der Waals surface area contributed by atoms with Gasteiger partial charge in [-0.1, -0.05) is 11.8 Å². The summed E-state index contributed by atoms with van der Waals surface area (Å²) in [5.41, 5.74) is 0. The van der Waals surface area contributed by atoms with Gasteiger partial charge in [0.15, 0.2) is 6.29 Å². The van der Waals surface area contributed by atoms with Crippen molar-refractivity contribution in [3.8, 4) is 11.8 Å². The molecule has 0 aromatic heterocycles. The monoisotopic (exact) mass is 326 g/mol. The molecule has 2 N–H and O–H groups in total. The summed E-state index contributed by atoms with van der Waals surface area (Å²) in [6, 6.07) is 0. The van der Waals surface area contributed by atoms with E-state index < -0.39 is 18.5 Å². The zero-order valence-corrected chi connectivity index (χ0v) is 13.9. The van der Waals surface area contributed by atoms with Gasteiger partial charge in [0.05, 0.1) is 24.9 Å². The van der Waals surface area contributed by atoms with Crippen LogP contribution in [0.1, 0.15) is 40.0 Å². The third-order valence-electron chi connectivity index (χ3n) is 4.31. The molecule has 6 nitrogen and oxygen atoms in total. The Morgan fingerprint density at radius 1 is 1.35 bits per heavy atom. The summed E-state index contributed by atoms with van der Waals surface area (Å²) in [6.45, 7) is 5.80. The first-order chi connectivity index (χ1) is 10.9. The Morgan fingerprint density at radius 2 is 2.09 bits per heavy atom. The molecule has 0 bridgehead atoms. The number of carbonyl (C=O) groups is 1. The Balaban J connectivity index is 1.73. The number of carbonyl (C=O) groups excluding carboxylic acids is 1. The summed E-state index contributed by atoms with van der Waals surface area (Å²) in [4.78, 5) is 11.7. The van der Waals surface area contributed by atoms with Crippen LogP contribution in [-0.4, -0.2) is 53.5 Å². The van der Waals surface area contributed by atoms with Crippen LogP contribution in [0.2, 0.25) is 0 Å². The van der Waals surface area contributed by atoms with Crippen LogP contribution in [0.25, 0.3) is 0 Å². The first kappa shape index (κ1) is 18.2. The van der Waals surface area contributed by atoms with Crippen LogP contribution < -0.4 is 0 Å². The van der Waals surface area contributed by atoms with Crippen LogP contribution in [0.3, 0.4) is 0 Å². The van der Waals surface area contributed by atoms with E-state index >= 15 is 0 Å². The summed E-state index contributed by atoms with van der Waals surface area (Å²) in [5.74, 6) is 5.28. The van der Waals surface area contributed by atoms with Gasteiger partial charge in [0.1, 0.15) is 12.0 Å². The van der Waals surface area contributed by atoms with Crippen molar-refractivity contribution in [1.29, 1.82) is 0 Å². The zero-order valence-electron chi connectivity index (χ0n) is 13.9. The summed E-state index contributed by atoms with van der Waals surface area (Å²) in [7, 11) is 0. The van der Waals surface area contributed by atoms with Gasteiger partial charge in [-0.3, -0.25) is 4.79 Å². The van der Waals surface area contributed by atoms with Gasteiger partial charge >= 0.3 is 5.97 Å². The van der Waals surface area contributed by atoms with E-state index in [0.29, 0.717) is 13.0 Å². The molecule has 7 atom stereocenters. The maximum atomic E-state index is 11.7. The van der Waals surface area contributed by atoms with Crippen molar-refractivity contribution in [2.45, 2.75) is 70.7 Å². The number of aliphatic hydroxyl groups is 2. The van der Waals surface area contributed by atoms with Crippen molar-refractivity contribution in [2.24, 2.45) is 11.8 Å². The predicted molar refractivity (Wildman–Crippen MR) is 82.1 cm³/mol. The average Bonchev–Trinajstić information content (AvgIpc) is 2.44. The molecule has 0 amide bonds. The second kappa shape index (κ2) is 8.11. The van der Waals surface area contributed by atoms with Crippen molar-refractivity contribution in [1.82, 2.24) is 0 Å². The number of esters is 1. The van der Waals surface area contributed by atoms with Crippen LogP contribution in [-0.2, 0) is 19.0 Å². The highest BCUT2D eigenvalue weighted by Gasteiger charge is 2.36. The Bertz CT molecular complexity index is 467. The maximum absolute atomic E-state index is 11.7. The van der Waals surface area contributed by atoms with Crippen LogP contribution in [0.5, 0.6) is 0 Å². The fourth-order valence-electron chi connectivity index (χ4n) is 2.76. The minimum Gasteiger partial charge on any atom is -0.465 e. The average molecular weight is 326 g/mol. The molecule has 0 unspecified atom stereocenters. The normalized spacial score (nSPS) is 37.3. The highest BCUT2D eigenvalue weighted by Crippen LogP contribution is 2.27. The first-order valence-corrected chi connectivity index (χ1v) is 8.27. The second-order valence-corrected chi connectivity index (χ2v) is 6.23. The van der Waals surface area contributed by atoms with Crippen molar-refractivity contribution in [3.63, 3.8) is 0 Å². The largest absolute Gasteiger partial charge is 0.465 e. The van der Waals surface area contributed by atoms with Gasteiger partial charge in [0.25, 0.3) is 0 Å². The van der Waals surface area contributed by atoms with E-state index in [9.17, 15) is 15.0 Å². The summed E-state index contributed by atoms with van der Waals surface area (Å²) in [6.07, 6.45) is -1.04. The number of ether oxygens (including phenoxy) is 3. The number of hydrogen-bond acceptors (Lipinski definition) is 6. The molecule has 0 spiro atoms. The van der Waals surface area contributed by atoms with E-state index in [4.69, 9.17) is 14.2 Å². The Labute approximate surface area is 137 Å². The molecule has 0 aromatic carbocycles. The standard InChI is InChI=1S/C17H26O6/c1-4-21-16(20)13-8-7-12(13)6-5-10(2)22-17-15(19)9-14(18)11(3)23-17/h10-15,17-19H,4-6,9H2,1-3H3/t10-,11+,12+,13-,14-,15-,17-/m1/s1. The van der Waals surface area contributed by atoms with Gasteiger partial charge < -0.3 is 24.4 Å². The maximum Gasteiger partial charge on any atom is 0.322 e. The molecule has 1 saturated heterocycles. The van der Waals surface area contributed by atoms with E-state index in [1.807, 2.05) is 6.92 Å². The minimum atomic E-state index is -0.834. The molecule has 1 aliphatic carbocycles. The molecule has 1 fully saturated rings. The molecule has 0 radical (unpaired) electrons. The van der Waals surface area contributed by atoms with Crippen molar-refractivity contribution < 1.29 is 29.2 Å². The van der Waals surface area contributed by atoms with E-state index in [1.165, 1.54) is 0 Å². The third-order valence-corrected chi connectivity index (χ3v) is 4.31. The van der Waals surface area contributed by atoms with E-state index in [-0.39, 0.29) is 36.4 Å². The fourth-order valence-corrected chi connectivity index (χ4v) is 2.76. The molecule has 2 rings (SSSR count). The first-order valence-electron chi connectivity index (χ1n) is 8.27. The molecule has 2 aliphatic rings. The summed E-state index contributed by atoms with van der Waals surface area (Å²) < 4.78 is 16.2. The lowest BCUT2D eigenvalue weighted by Crippen LogP contribution is -2.48. The number of rotatable bonds is 7. The highest BCUT2D eigenvalue weighted by atomic mass is 16.7. The number of hydrogen-bond donors (Lipinski definition) is 2. The quantitative estimate of drug-likeness (QED) is 0.533. The van der Waals surface area contributed by atoms with Gasteiger partial charge in [-0.25, -0.2) is 0 Å².